The van der Waals surface area contributed by atoms with E-state index in [9.17, 15) is 19.5 Å². The van der Waals surface area contributed by atoms with Gasteiger partial charge in [-0.15, -0.1) is 0 Å². The van der Waals surface area contributed by atoms with Crippen LogP contribution in [0.5, 0.6) is 11.5 Å². The normalized spacial score (nSPS) is 22.4. The molecule has 1 N–H and O–H groups in total. The van der Waals surface area contributed by atoms with Gasteiger partial charge in [0.25, 0.3) is 5.91 Å². The highest BCUT2D eigenvalue weighted by Crippen LogP contribution is 2.49. The molecule has 1 aromatic heterocycles. The van der Waals surface area contributed by atoms with E-state index in [1.165, 1.54) is 23.1 Å². The van der Waals surface area contributed by atoms with Crippen molar-refractivity contribution in [1.82, 2.24) is 14.8 Å². The Morgan fingerprint density at radius 3 is 2.33 bits per heavy atom. The molecule has 1 aromatic carbocycles. The number of carbonyl (C=O) groups excluding carboxylic acids is 3. The first-order chi connectivity index (χ1) is 22.1. The predicted octanol–water partition coefficient (Wildman–Crippen LogP) is 6.05. The fourth-order valence-electron chi connectivity index (χ4n) is 6.48. The topological polar surface area (TPSA) is 131 Å². The number of amides is 2. The van der Waals surface area contributed by atoms with Crippen molar-refractivity contribution in [2.45, 2.75) is 97.1 Å². The van der Waals surface area contributed by atoms with E-state index in [4.69, 9.17) is 35.5 Å². The first-order valence-electron chi connectivity index (χ1n) is 15.9. The molecule has 5 rings (SSSR count). The average molecular weight is 691 g/mol. The molecule has 3 aliphatic rings. The number of piperazine rings is 1. The van der Waals surface area contributed by atoms with Crippen LogP contribution in [0.15, 0.2) is 18.2 Å². The van der Waals surface area contributed by atoms with Crippen molar-refractivity contribution in [1.29, 1.82) is 0 Å². The molecule has 0 spiro atoms. The first-order valence-corrected chi connectivity index (χ1v) is 16.3. The number of benzene rings is 1. The summed E-state index contributed by atoms with van der Waals surface area (Å²) < 4.78 is 38.4. The van der Waals surface area contributed by atoms with Crippen molar-refractivity contribution < 1.29 is 42.8 Å². The van der Waals surface area contributed by atoms with Crippen LogP contribution in [-0.2, 0) is 9.47 Å². The average Bonchev–Trinajstić information content (AvgIpc) is 3.06. The van der Waals surface area contributed by atoms with Crippen molar-refractivity contribution >= 4 is 35.6 Å². The quantitative estimate of drug-likeness (QED) is 0.300. The Morgan fingerprint density at radius 1 is 1.06 bits per heavy atom. The summed E-state index contributed by atoms with van der Waals surface area (Å²) in [7, 11) is 0. The van der Waals surface area contributed by atoms with E-state index in [0.717, 1.165) is 0 Å². The number of hydrogen-bond donors (Lipinski definition) is 1. The lowest BCUT2D eigenvalue weighted by atomic mass is 9.94. The van der Waals surface area contributed by atoms with E-state index in [0.29, 0.717) is 6.42 Å². The number of nitrogens with zero attached hydrogens (tertiary/aromatic N) is 4. The van der Waals surface area contributed by atoms with Gasteiger partial charge in [0.15, 0.2) is 5.75 Å². The number of rotatable bonds is 3. The summed E-state index contributed by atoms with van der Waals surface area (Å²) in [5.41, 5.74) is -3.75. The minimum absolute atomic E-state index is 0.0336. The van der Waals surface area contributed by atoms with Crippen molar-refractivity contribution in [2.75, 3.05) is 37.7 Å². The van der Waals surface area contributed by atoms with Gasteiger partial charge in [-0.3, -0.25) is 4.79 Å². The largest absolute Gasteiger partial charge is 0.514 e. The molecule has 48 heavy (non-hydrogen) atoms. The van der Waals surface area contributed by atoms with E-state index < -0.39 is 52.4 Å². The summed E-state index contributed by atoms with van der Waals surface area (Å²) in [6.07, 6.45) is -1.22. The Balaban J connectivity index is 1.64. The van der Waals surface area contributed by atoms with Gasteiger partial charge < -0.3 is 38.8 Å². The van der Waals surface area contributed by atoms with E-state index in [1.807, 2.05) is 13.8 Å². The fourth-order valence-corrected chi connectivity index (χ4v) is 6.76. The standard InChI is InChI=1S/C34H44ClFN4O8/c1-31(2,3)47-29(42)38-13-14-39-19(15-38)16-45-26-23(28(39)41)27(40-18-34(9,44)17-33(40,7)8)37-25(24(26)35)22-20(36)11-10-12-21(22)46-30(43)48-32(4,5)6/h10-12,19,44H,13-18H2,1-9H3/t19-,34?/m1/s1. The van der Waals surface area contributed by atoms with E-state index in [1.54, 1.807) is 58.3 Å². The van der Waals surface area contributed by atoms with E-state index >= 15 is 4.39 Å². The van der Waals surface area contributed by atoms with Gasteiger partial charge in [0.05, 0.1) is 17.2 Å². The van der Waals surface area contributed by atoms with Gasteiger partial charge in [-0.2, -0.15) is 0 Å². The van der Waals surface area contributed by atoms with Gasteiger partial charge in [-0.1, -0.05) is 17.7 Å². The van der Waals surface area contributed by atoms with Crippen LogP contribution >= 0.6 is 11.6 Å². The molecule has 262 valence electrons. The van der Waals surface area contributed by atoms with Gasteiger partial charge in [0.2, 0.25) is 0 Å². The lowest BCUT2D eigenvalue weighted by Crippen LogP contribution is -2.58. The predicted molar refractivity (Wildman–Crippen MR) is 176 cm³/mol. The molecule has 0 bridgehead atoms. The van der Waals surface area contributed by atoms with Crippen molar-refractivity contribution in [3.63, 3.8) is 0 Å². The monoisotopic (exact) mass is 690 g/mol. The highest BCUT2D eigenvalue weighted by atomic mass is 35.5. The molecular weight excluding hydrogens is 647 g/mol. The van der Waals surface area contributed by atoms with Crippen LogP contribution in [0.3, 0.4) is 0 Å². The van der Waals surface area contributed by atoms with Gasteiger partial charge in [-0.05, 0) is 74.4 Å². The molecule has 3 aliphatic heterocycles. The molecule has 2 amide bonds. The summed E-state index contributed by atoms with van der Waals surface area (Å²) in [6.45, 7) is 16.5. The molecular formula is C34H44ClFN4O8. The number of hydrogen-bond acceptors (Lipinski definition) is 10. The lowest BCUT2D eigenvalue weighted by Gasteiger charge is -2.40. The van der Waals surface area contributed by atoms with Crippen molar-refractivity contribution in [3.05, 3.63) is 34.6 Å². The number of anilines is 1. The summed E-state index contributed by atoms with van der Waals surface area (Å²) in [4.78, 5) is 49.9. The number of halogens is 2. The smallest absolute Gasteiger partial charge is 0.489 e. The van der Waals surface area contributed by atoms with Crippen LogP contribution < -0.4 is 14.4 Å². The molecule has 0 saturated carbocycles. The van der Waals surface area contributed by atoms with Gasteiger partial charge in [0, 0.05) is 38.1 Å². The summed E-state index contributed by atoms with van der Waals surface area (Å²) in [5, 5.41) is 11.0. The number of fused-ring (bicyclic) bond motifs is 2. The summed E-state index contributed by atoms with van der Waals surface area (Å²) >= 11 is 6.99. The zero-order valence-electron chi connectivity index (χ0n) is 28.9. The maximum atomic E-state index is 15.8. The second-order valence-corrected chi connectivity index (χ2v) is 15.8. The third-order valence-corrected chi connectivity index (χ3v) is 8.55. The molecule has 12 nitrogen and oxygen atoms in total. The number of aliphatic hydroxyl groups is 1. The Hall–Kier alpha value is -3.84. The van der Waals surface area contributed by atoms with Crippen LogP contribution in [-0.4, -0.2) is 99.2 Å². The van der Waals surface area contributed by atoms with Crippen LogP contribution in [0.4, 0.5) is 19.8 Å². The van der Waals surface area contributed by atoms with Crippen molar-refractivity contribution in [3.8, 4) is 22.8 Å². The van der Waals surface area contributed by atoms with E-state index in [2.05, 4.69) is 0 Å². The Bertz CT molecular complexity index is 1630. The maximum absolute atomic E-state index is 15.8. The molecule has 14 heteroatoms. The second kappa shape index (κ2) is 12.2. The number of carbonyl (C=O) groups is 3. The third kappa shape index (κ3) is 7.26. The number of aromatic nitrogens is 1. The molecule has 2 saturated heterocycles. The molecule has 0 radical (unpaired) electrons. The fraction of sp³-hybridized carbons (Fsp3) is 0.588. The van der Waals surface area contributed by atoms with Crippen LogP contribution in [0.2, 0.25) is 5.02 Å². The molecule has 1 unspecified atom stereocenters. The molecule has 2 atom stereocenters. The Morgan fingerprint density at radius 2 is 1.73 bits per heavy atom. The minimum atomic E-state index is -1.14. The molecule has 2 fully saturated rings. The van der Waals surface area contributed by atoms with Gasteiger partial charge >= 0.3 is 12.2 Å². The van der Waals surface area contributed by atoms with Crippen LogP contribution in [0.25, 0.3) is 11.3 Å². The SMILES string of the molecule is CC1(O)CN(c2nc(-c3c(F)cccc3OC(=O)OC(C)(C)C)c(Cl)c3c2C(=O)N2CCN(C(=O)OC(C)(C)C)C[C@@H]2CO3)C(C)(C)C1. The molecule has 4 heterocycles. The zero-order chi connectivity index (χ0) is 35.6. The maximum Gasteiger partial charge on any atom is 0.514 e. The van der Waals surface area contributed by atoms with Crippen molar-refractivity contribution in [2.24, 2.45) is 0 Å². The molecule has 2 aromatic rings. The van der Waals surface area contributed by atoms with Crippen LogP contribution in [0, 0.1) is 5.82 Å². The van der Waals surface area contributed by atoms with Gasteiger partial charge in [-0.25, -0.2) is 19.0 Å². The highest BCUT2D eigenvalue weighted by Gasteiger charge is 2.49. The zero-order valence-corrected chi connectivity index (χ0v) is 29.7. The molecule has 0 aliphatic carbocycles. The Labute approximate surface area is 285 Å². The summed E-state index contributed by atoms with van der Waals surface area (Å²) in [6, 6.07) is 3.36. The minimum Gasteiger partial charge on any atom is -0.489 e. The Kier molecular flexibility index (Phi) is 9.05. The number of pyridine rings is 1. The number of ether oxygens (including phenoxy) is 4. The first kappa shape index (κ1) is 35.5. The highest BCUT2D eigenvalue weighted by molar-refractivity contribution is 6.35. The van der Waals surface area contributed by atoms with E-state index in [-0.39, 0.29) is 71.9 Å². The lowest BCUT2D eigenvalue weighted by molar-refractivity contribution is 0.000932. The summed E-state index contributed by atoms with van der Waals surface area (Å²) in [5.74, 6) is -1.35. The third-order valence-electron chi connectivity index (χ3n) is 8.20. The number of β-amino-alcohol motifs (C(OH)–C–C–N with tert-alkyl or cyclic N) is 1. The van der Waals surface area contributed by atoms with Gasteiger partial charge in [0.1, 0.15) is 51.5 Å². The second-order valence-electron chi connectivity index (χ2n) is 15.4. The van der Waals surface area contributed by atoms with Crippen LogP contribution in [0.1, 0.15) is 79.1 Å².